The predicted molar refractivity (Wildman–Crippen MR) is 122 cm³/mol. The summed E-state index contributed by atoms with van der Waals surface area (Å²) in [7, 11) is -3.56. The summed E-state index contributed by atoms with van der Waals surface area (Å²) < 4.78 is 33.8. The number of rotatable bonds is 9. The lowest BCUT2D eigenvalue weighted by Gasteiger charge is -2.28. The fraction of sp³-hybridized carbons (Fsp3) is 0.417. The lowest BCUT2D eigenvalue weighted by Crippen LogP contribution is -2.39. The normalized spacial score (nSPS) is 16.2. The van der Waals surface area contributed by atoms with Gasteiger partial charge in [-0.25, -0.2) is 8.42 Å². The first-order chi connectivity index (χ1) is 14.4. The topological polar surface area (TPSA) is 49.9 Å². The maximum atomic E-state index is 13.4. The third-order valence-electron chi connectivity index (χ3n) is 5.28. The highest BCUT2D eigenvalue weighted by Crippen LogP contribution is 2.19. The van der Waals surface area contributed by atoms with Crippen molar-refractivity contribution in [2.24, 2.45) is 0 Å². The molecule has 0 saturated carbocycles. The van der Waals surface area contributed by atoms with E-state index < -0.39 is 10.0 Å². The van der Waals surface area contributed by atoms with Crippen molar-refractivity contribution in [1.29, 1.82) is 0 Å². The Bertz CT molecular complexity index is 919. The number of hydrogen-bond acceptors (Lipinski definition) is 4. The molecule has 1 aliphatic rings. The number of aryl methyl sites for hydroxylation is 1. The highest BCUT2D eigenvalue weighted by atomic mass is 32.2. The first kappa shape index (κ1) is 22.7. The number of morpholine rings is 1. The SMILES string of the molecule is C/C(=C\c1ccccc1)CN(CCCN1CCOCC1)S(=O)(=O)c1ccc(C)cc1. The maximum Gasteiger partial charge on any atom is 0.243 e. The van der Waals surface area contributed by atoms with E-state index in [1.54, 1.807) is 16.4 Å². The zero-order chi connectivity index (χ0) is 21.4. The van der Waals surface area contributed by atoms with E-state index in [1.165, 1.54) is 0 Å². The lowest BCUT2D eigenvalue weighted by atomic mass is 10.1. The molecule has 2 aromatic carbocycles. The molecule has 1 fully saturated rings. The number of ether oxygens (including phenoxy) is 1. The fourth-order valence-corrected chi connectivity index (χ4v) is 5.12. The molecular weight excluding hydrogens is 396 g/mol. The van der Waals surface area contributed by atoms with Crippen molar-refractivity contribution in [3.63, 3.8) is 0 Å². The van der Waals surface area contributed by atoms with Crippen LogP contribution in [0.4, 0.5) is 0 Å². The Morgan fingerprint density at radius 2 is 1.73 bits per heavy atom. The van der Waals surface area contributed by atoms with Crippen LogP contribution in [0.2, 0.25) is 0 Å². The Morgan fingerprint density at radius 1 is 1.07 bits per heavy atom. The van der Waals surface area contributed by atoms with Gasteiger partial charge >= 0.3 is 0 Å². The van der Waals surface area contributed by atoms with Gasteiger partial charge in [-0.3, -0.25) is 4.90 Å². The Labute approximate surface area is 181 Å². The largest absolute Gasteiger partial charge is 0.379 e. The van der Waals surface area contributed by atoms with Gasteiger partial charge in [0.25, 0.3) is 0 Å². The van der Waals surface area contributed by atoms with Crippen LogP contribution in [-0.4, -0.2) is 63.6 Å². The summed E-state index contributed by atoms with van der Waals surface area (Å²) in [6.07, 6.45) is 2.85. The van der Waals surface area contributed by atoms with Crippen molar-refractivity contribution in [1.82, 2.24) is 9.21 Å². The molecule has 0 aromatic heterocycles. The second kappa shape index (κ2) is 10.9. The molecule has 0 unspecified atom stereocenters. The van der Waals surface area contributed by atoms with E-state index in [9.17, 15) is 8.42 Å². The van der Waals surface area contributed by atoms with Gasteiger partial charge in [-0.05, 0) is 44.5 Å². The minimum atomic E-state index is -3.56. The van der Waals surface area contributed by atoms with Crippen LogP contribution in [0, 0.1) is 6.92 Å². The monoisotopic (exact) mass is 428 g/mol. The molecule has 162 valence electrons. The van der Waals surface area contributed by atoms with Crippen molar-refractivity contribution in [3.05, 3.63) is 71.3 Å². The van der Waals surface area contributed by atoms with Gasteiger partial charge in [0, 0.05) is 26.2 Å². The molecule has 1 saturated heterocycles. The lowest BCUT2D eigenvalue weighted by molar-refractivity contribution is 0.0369. The summed E-state index contributed by atoms with van der Waals surface area (Å²) in [4.78, 5) is 2.69. The van der Waals surface area contributed by atoms with E-state index >= 15 is 0 Å². The van der Waals surface area contributed by atoms with Crippen LogP contribution in [0.25, 0.3) is 6.08 Å². The molecule has 6 heteroatoms. The molecule has 0 aliphatic carbocycles. The van der Waals surface area contributed by atoms with Crippen molar-refractivity contribution in [2.75, 3.05) is 45.9 Å². The average molecular weight is 429 g/mol. The molecule has 0 amide bonds. The van der Waals surface area contributed by atoms with Gasteiger partial charge in [0.15, 0.2) is 0 Å². The molecule has 2 aromatic rings. The highest BCUT2D eigenvalue weighted by Gasteiger charge is 2.24. The number of sulfonamides is 1. The summed E-state index contributed by atoms with van der Waals surface area (Å²) in [6.45, 7) is 9.05. The number of benzene rings is 2. The average Bonchev–Trinajstić information content (AvgIpc) is 2.75. The smallest absolute Gasteiger partial charge is 0.243 e. The molecule has 0 radical (unpaired) electrons. The summed E-state index contributed by atoms with van der Waals surface area (Å²) in [5.74, 6) is 0. The molecule has 0 bridgehead atoms. The number of hydrogen-bond donors (Lipinski definition) is 0. The molecule has 3 rings (SSSR count). The van der Waals surface area contributed by atoms with Crippen LogP contribution in [0.1, 0.15) is 24.5 Å². The molecule has 1 heterocycles. The molecule has 30 heavy (non-hydrogen) atoms. The van der Waals surface area contributed by atoms with Crippen molar-refractivity contribution in [3.8, 4) is 0 Å². The van der Waals surface area contributed by atoms with Crippen LogP contribution < -0.4 is 0 Å². The summed E-state index contributed by atoms with van der Waals surface area (Å²) in [5.41, 5.74) is 3.15. The molecular formula is C24H32N2O3S. The van der Waals surface area contributed by atoms with Crippen molar-refractivity contribution in [2.45, 2.75) is 25.2 Å². The van der Waals surface area contributed by atoms with Gasteiger partial charge in [0.05, 0.1) is 18.1 Å². The van der Waals surface area contributed by atoms with E-state index in [-0.39, 0.29) is 0 Å². The first-order valence-electron chi connectivity index (χ1n) is 10.5. The van der Waals surface area contributed by atoms with Crippen LogP contribution in [0.3, 0.4) is 0 Å². The zero-order valence-corrected chi connectivity index (χ0v) is 18.8. The van der Waals surface area contributed by atoms with Crippen LogP contribution in [0.15, 0.2) is 65.1 Å². The van der Waals surface area contributed by atoms with E-state index in [0.29, 0.717) is 18.0 Å². The highest BCUT2D eigenvalue weighted by molar-refractivity contribution is 7.89. The molecule has 1 aliphatic heterocycles. The Balaban J connectivity index is 1.74. The van der Waals surface area contributed by atoms with Gasteiger partial charge in [-0.15, -0.1) is 0 Å². The van der Waals surface area contributed by atoms with E-state index in [4.69, 9.17) is 4.74 Å². The summed E-state index contributed by atoms with van der Waals surface area (Å²) in [5, 5.41) is 0. The fourth-order valence-electron chi connectivity index (χ4n) is 3.60. The Hall–Kier alpha value is -1.99. The maximum absolute atomic E-state index is 13.4. The minimum absolute atomic E-state index is 0.354. The second-order valence-corrected chi connectivity index (χ2v) is 9.80. The molecule has 5 nitrogen and oxygen atoms in total. The third-order valence-corrected chi connectivity index (χ3v) is 7.14. The van der Waals surface area contributed by atoms with Crippen LogP contribution >= 0.6 is 0 Å². The summed E-state index contributed by atoms with van der Waals surface area (Å²) in [6, 6.07) is 17.1. The third kappa shape index (κ3) is 6.51. The quantitative estimate of drug-likeness (QED) is 0.609. The van der Waals surface area contributed by atoms with Crippen molar-refractivity contribution >= 4 is 16.1 Å². The van der Waals surface area contributed by atoms with Gasteiger partial charge < -0.3 is 4.74 Å². The zero-order valence-electron chi connectivity index (χ0n) is 18.0. The Morgan fingerprint density at radius 3 is 2.40 bits per heavy atom. The first-order valence-corrected chi connectivity index (χ1v) is 12.0. The van der Waals surface area contributed by atoms with Gasteiger partial charge in [0.2, 0.25) is 10.0 Å². The van der Waals surface area contributed by atoms with Crippen LogP contribution in [0.5, 0.6) is 0 Å². The standard InChI is InChI=1S/C24H32N2O3S/c1-21-9-11-24(12-10-21)30(27,28)26(14-6-13-25-15-17-29-18-16-25)20-22(2)19-23-7-4-3-5-8-23/h3-5,7-12,19H,6,13-18,20H2,1-2H3/b22-19+. The van der Waals surface area contributed by atoms with E-state index in [1.807, 2.05) is 56.3 Å². The van der Waals surface area contributed by atoms with Gasteiger partial charge in [-0.1, -0.05) is 59.7 Å². The minimum Gasteiger partial charge on any atom is -0.379 e. The summed E-state index contributed by atoms with van der Waals surface area (Å²) >= 11 is 0. The van der Waals surface area contributed by atoms with Gasteiger partial charge in [0.1, 0.15) is 0 Å². The predicted octanol–water partition coefficient (Wildman–Crippen LogP) is 3.81. The van der Waals surface area contributed by atoms with E-state index in [0.717, 1.165) is 56.0 Å². The van der Waals surface area contributed by atoms with Crippen molar-refractivity contribution < 1.29 is 13.2 Å². The van der Waals surface area contributed by atoms with Gasteiger partial charge in [-0.2, -0.15) is 4.31 Å². The second-order valence-electron chi connectivity index (χ2n) is 7.86. The molecule has 0 atom stereocenters. The van der Waals surface area contributed by atoms with E-state index in [2.05, 4.69) is 11.0 Å². The van der Waals surface area contributed by atoms with Crippen LogP contribution in [-0.2, 0) is 14.8 Å². The molecule has 0 N–H and O–H groups in total. The Kier molecular flexibility index (Phi) is 8.22. The molecule has 0 spiro atoms. The number of nitrogens with zero attached hydrogens (tertiary/aromatic N) is 2.